The summed E-state index contributed by atoms with van der Waals surface area (Å²) >= 11 is 0. The Hall–Kier alpha value is -1.89. The lowest BCUT2D eigenvalue weighted by Crippen LogP contribution is -2.34. The zero-order valence-corrected chi connectivity index (χ0v) is 10.8. The van der Waals surface area contributed by atoms with Crippen molar-refractivity contribution < 1.29 is 27.9 Å². The molecule has 1 heterocycles. The Balaban J connectivity index is 1.77. The number of fused-ring (bicyclic) bond motifs is 1. The molecule has 0 aromatic heterocycles. The van der Waals surface area contributed by atoms with E-state index >= 15 is 0 Å². The van der Waals surface area contributed by atoms with Gasteiger partial charge in [0, 0.05) is 12.5 Å². The Labute approximate surface area is 118 Å². The van der Waals surface area contributed by atoms with Crippen LogP contribution in [0.2, 0.25) is 0 Å². The molecule has 21 heavy (non-hydrogen) atoms. The van der Waals surface area contributed by atoms with Gasteiger partial charge >= 0.3 is 6.18 Å². The summed E-state index contributed by atoms with van der Waals surface area (Å²) in [6, 6.07) is 4.58. The van der Waals surface area contributed by atoms with E-state index < -0.39 is 35.4 Å². The van der Waals surface area contributed by atoms with Crippen molar-refractivity contribution in [3.8, 4) is 0 Å². The third kappa shape index (κ3) is 2.21. The zero-order chi connectivity index (χ0) is 15.4. The molecule has 7 heteroatoms. The minimum absolute atomic E-state index is 0.160. The first-order chi connectivity index (χ1) is 9.84. The van der Waals surface area contributed by atoms with E-state index in [0.29, 0.717) is 0 Å². The van der Waals surface area contributed by atoms with Crippen LogP contribution in [-0.2, 0) is 22.3 Å². The van der Waals surface area contributed by atoms with E-state index in [-0.39, 0.29) is 24.6 Å². The number of rotatable bonds is 3. The van der Waals surface area contributed by atoms with Gasteiger partial charge in [-0.05, 0) is 17.7 Å². The second kappa shape index (κ2) is 4.56. The number of halogens is 3. The summed E-state index contributed by atoms with van der Waals surface area (Å²) in [7, 11) is 0. The first kappa shape index (κ1) is 14.1. The maximum atomic E-state index is 12.6. The lowest BCUT2D eigenvalue weighted by molar-refractivity contribution is -0.143. The van der Waals surface area contributed by atoms with Gasteiger partial charge in [0.25, 0.3) is 0 Å². The normalized spacial score (nSPS) is 28.0. The van der Waals surface area contributed by atoms with Gasteiger partial charge < -0.3 is 5.11 Å². The van der Waals surface area contributed by atoms with Gasteiger partial charge in [-0.3, -0.25) is 14.5 Å². The third-order valence-corrected chi connectivity index (χ3v) is 4.08. The van der Waals surface area contributed by atoms with Crippen molar-refractivity contribution in [3.63, 3.8) is 0 Å². The molecule has 1 aromatic carbocycles. The molecule has 1 saturated heterocycles. The van der Waals surface area contributed by atoms with Crippen molar-refractivity contribution in [1.82, 2.24) is 4.90 Å². The average molecular weight is 299 g/mol. The molecule has 2 amide bonds. The minimum atomic E-state index is -4.46. The second-order valence-corrected chi connectivity index (χ2v) is 5.36. The summed E-state index contributed by atoms with van der Waals surface area (Å²) in [4.78, 5) is 25.0. The maximum Gasteiger partial charge on any atom is 0.416 e. The number of benzene rings is 1. The molecular weight excluding hydrogens is 287 g/mol. The number of amides is 2. The van der Waals surface area contributed by atoms with Gasteiger partial charge in [-0.25, -0.2) is 0 Å². The smallest absolute Gasteiger partial charge is 0.396 e. The van der Waals surface area contributed by atoms with E-state index in [4.69, 9.17) is 5.11 Å². The number of carbonyl (C=O) groups is 2. The topological polar surface area (TPSA) is 57.6 Å². The molecule has 0 spiro atoms. The van der Waals surface area contributed by atoms with Gasteiger partial charge in [-0.1, -0.05) is 12.1 Å². The Morgan fingerprint density at radius 2 is 1.76 bits per heavy atom. The monoisotopic (exact) mass is 299 g/mol. The van der Waals surface area contributed by atoms with Crippen LogP contribution in [0.4, 0.5) is 13.2 Å². The fraction of sp³-hybridized carbons (Fsp3) is 0.429. The fourth-order valence-electron chi connectivity index (χ4n) is 2.93. The van der Waals surface area contributed by atoms with Crippen molar-refractivity contribution in [2.24, 2.45) is 17.8 Å². The van der Waals surface area contributed by atoms with E-state index in [1.54, 1.807) is 0 Å². The zero-order valence-electron chi connectivity index (χ0n) is 10.8. The van der Waals surface area contributed by atoms with Gasteiger partial charge in [0.1, 0.15) is 0 Å². The number of carbonyl (C=O) groups excluding carboxylic acids is 2. The summed E-state index contributed by atoms with van der Waals surface area (Å²) in [5.41, 5.74) is -0.550. The Kier molecular flexibility index (Phi) is 3.05. The molecule has 1 saturated carbocycles. The van der Waals surface area contributed by atoms with Crippen LogP contribution in [0.5, 0.6) is 0 Å². The first-order valence-electron chi connectivity index (χ1n) is 6.47. The Bertz CT molecular complexity index is 592. The van der Waals surface area contributed by atoms with Crippen LogP contribution < -0.4 is 0 Å². The number of likely N-dealkylation sites (tertiary alicyclic amines) is 1. The number of aliphatic hydroxyl groups is 1. The number of hydrogen-bond donors (Lipinski definition) is 1. The van der Waals surface area contributed by atoms with Gasteiger partial charge in [-0.15, -0.1) is 0 Å². The predicted molar refractivity (Wildman–Crippen MR) is 64.6 cm³/mol. The Morgan fingerprint density at radius 1 is 1.14 bits per heavy atom. The lowest BCUT2D eigenvalue weighted by atomic mass is 10.1. The van der Waals surface area contributed by atoms with Gasteiger partial charge in [0.15, 0.2) is 0 Å². The van der Waals surface area contributed by atoms with Crippen LogP contribution in [-0.4, -0.2) is 28.4 Å². The quantitative estimate of drug-likeness (QED) is 0.859. The molecule has 3 rings (SSSR count). The van der Waals surface area contributed by atoms with Gasteiger partial charge in [0.2, 0.25) is 11.8 Å². The van der Waals surface area contributed by atoms with E-state index in [2.05, 4.69) is 0 Å². The molecule has 2 fully saturated rings. The SMILES string of the molecule is O=C1C2C(CO)C2C(=O)N1Cc1cccc(C(F)(F)F)c1. The number of nitrogens with zero attached hydrogens (tertiary/aromatic N) is 1. The van der Waals surface area contributed by atoms with Gasteiger partial charge in [-0.2, -0.15) is 13.2 Å². The third-order valence-electron chi connectivity index (χ3n) is 4.08. The van der Waals surface area contributed by atoms with E-state index in [0.717, 1.165) is 17.0 Å². The van der Waals surface area contributed by atoms with E-state index in [1.807, 2.05) is 0 Å². The van der Waals surface area contributed by atoms with Gasteiger partial charge in [0.05, 0.1) is 23.9 Å². The molecule has 0 bridgehead atoms. The predicted octanol–water partition coefficient (Wildman–Crippen LogP) is 1.43. The van der Waals surface area contributed by atoms with E-state index in [9.17, 15) is 22.8 Å². The lowest BCUT2D eigenvalue weighted by Gasteiger charge is -2.18. The van der Waals surface area contributed by atoms with Crippen LogP contribution >= 0.6 is 0 Å². The van der Waals surface area contributed by atoms with Crippen LogP contribution in [0.1, 0.15) is 11.1 Å². The van der Waals surface area contributed by atoms with Crippen LogP contribution in [0.3, 0.4) is 0 Å². The highest BCUT2D eigenvalue weighted by atomic mass is 19.4. The number of aliphatic hydroxyl groups excluding tert-OH is 1. The molecule has 0 radical (unpaired) electrons. The van der Waals surface area contributed by atoms with Crippen LogP contribution in [0, 0.1) is 17.8 Å². The molecule has 4 nitrogen and oxygen atoms in total. The molecular formula is C14H12F3NO3. The number of piperidine rings is 1. The molecule has 2 unspecified atom stereocenters. The largest absolute Gasteiger partial charge is 0.416 e. The highest BCUT2D eigenvalue weighted by Crippen LogP contribution is 2.53. The molecule has 1 aliphatic heterocycles. The molecule has 112 valence electrons. The summed E-state index contributed by atoms with van der Waals surface area (Å²) < 4.78 is 37.9. The fourth-order valence-corrected chi connectivity index (χ4v) is 2.93. The molecule has 1 aromatic rings. The first-order valence-corrected chi connectivity index (χ1v) is 6.47. The maximum absolute atomic E-state index is 12.6. The molecule has 2 aliphatic rings. The Morgan fingerprint density at radius 3 is 2.29 bits per heavy atom. The van der Waals surface area contributed by atoms with Crippen molar-refractivity contribution in [3.05, 3.63) is 35.4 Å². The molecule has 1 aliphatic carbocycles. The van der Waals surface area contributed by atoms with Crippen LogP contribution in [0.15, 0.2) is 24.3 Å². The van der Waals surface area contributed by atoms with Crippen LogP contribution in [0.25, 0.3) is 0 Å². The summed E-state index contributed by atoms with van der Waals surface area (Å²) in [5, 5.41) is 9.00. The summed E-state index contributed by atoms with van der Waals surface area (Å²) in [6.45, 7) is -0.378. The summed E-state index contributed by atoms with van der Waals surface area (Å²) in [6.07, 6.45) is -4.46. The van der Waals surface area contributed by atoms with Crippen molar-refractivity contribution in [1.29, 1.82) is 0 Å². The highest BCUT2D eigenvalue weighted by molar-refractivity contribution is 6.09. The standard InChI is InChI=1S/C14H12F3NO3/c15-14(16,17)8-3-1-2-7(4-8)5-18-12(20)10-9(6-19)11(10)13(18)21/h1-4,9-11,19H,5-6H2. The average Bonchev–Trinajstić information content (AvgIpc) is 3.11. The number of alkyl halides is 3. The number of imide groups is 1. The minimum Gasteiger partial charge on any atom is -0.396 e. The second-order valence-electron chi connectivity index (χ2n) is 5.36. The highest BCUT2D eigenvalue weighted by Gasteiger charge is 2.66. The van der Waals surface area contributed by atoms with E-state index in [1.165, 1.54) is 12.1 Å². The van der Waals surface area contributed by atoms with Crippen molar-refractivity contribution in [2.45, 2.75) is 12.7 Å². The molecule has 1 N–H and O–H groups in total. The van der Waals surface area contributed by atoms with Crippen molar-refractivity contribution >= 4 is 11.8 Å². The number of hydrogen-bond acceptors (Lipinski definition) is 3. The van der Waals surface area contributed by atoms with Crippen molar-refractivity contribution in [2.75, 3.05) is 6.61 Å². The molecule has 2 atom stereocenters. The summed E-state index contributed by atoms with van der Waals surface area (Å²) in [5.74, 6) is -2.10.